The molecule has 2 aromatic carbocycles. The van der Waals surface area contributed by atoms with E-state index in [1.54, 1.807) is 4.90 Å². The number of amides is 1. The Labute approximate surface area is 146 Å². The lowest BCUT2D eigenvalue weighted by atomic mass is 10.1. The molecule has 0 aliphatic rings. The van der Waals surface area contributed by atoms with Crippen molar-refractivity contribution in [3.05, 3.63) is 71.8 Å². The zero-order valence-corrected chi connectivity index (χ0v) is 14.3. The van der Waals surface area contributed by atoms with Gasteiger partial charge < -0.3 is 9.64 Å². The van der Waals surface area contributed by atoms with Crippen LogP contribution in [0.5, 0.6) is 5.75 Å². The summed E-state index contributed by atoms with van der Waals surface area (Å²) in [7, 11) is 0. The molecule has 25 heavy (non-hydrogen) atoms. The second-order valence-corrected chi connectivity index (χ2v) is 5.74. The molecule has 0 aliphatic carbocycles. The first kappa shape index (κ1) is 16.7. The Morgan fingerprint density at radius 1 is 1.08 bits per heavy atom. The number of H-pyrrole nitrogens is 1. The third-order valence-electron chi connectivity index (χ3n) is 3.88. The summed E-state index contributed by atoms with van der Waals surface area (Å²) in [6.07, 6.45) is 1.50. The molecule has 3 rings (SSSR count). The number of aromatic amines is 1. The van der Waals surface area contributed by atoms with Crippen molar-refractivity contribution >= 4 is 11.6 Å². The monoisotopic (exact) mass is 336 g/mol. The normalized spacial score (nSPS) is 10.5. The van der Waals surface area contributed by atoms with E-state index in [1.165, 1.54) is 6.33 Å². The van der Waals surface area contributed by atoms with E-state index in [0.29, 0.717) is 11.6 Å². The van der Waals surface area contributed by atoms with E-state index in [4.69, 9.17) is 4.74 Å². The minimum atomic E-state index is -0.147. The third kappa shape index (κ3) is 4.03. The fourth-order valence-corrected chi connectivity index (χ4v) is 2.72. The standard InChI is InChI=1S/C19H20N4O2/c1-14-7-6-8-15(2)19(14)23(11-17-20-13-21-22-17)18(24)12-25-16-9-4-3-5-10-16/h3-10,13H,11-12H2,1-2H3,(H,20,21,22). The summed E-state index contributed by atoms with van der Waals surface area (Å²) in [6, 6.07) is 15.2. The number of anilines is 1. The van der Waals surface area contributed by atoms with Crippen LogP contribution in [0.15, 0.2) is 54.9 Å². The Hall–Kier alpha value is -3.15. The third-order valence-corrected chi connectivity index (χ3v) is 3.88. The van der Waals surface area contributed by atoms with E-state index in [-0.39, 0.29) is 19.1 Å². The maximum Gasteiger partial charge on any atom is 0.265 e. The number of hydrogen-bond donors (Lipinski definition) is 1. The Kier molecular flexibility index (Phi) is 5.09. The molecular formula is C19H20N4O2. The molecule has 0 spiro atoms. The molecular weight excluding hydrogens is 316 g/mol. The highest BCUT2D eigenvalue weighted by Crippen LogP contribution is 2.26. The summed E-state index contributed by atoms with van der Waals surface area (Å²) in [5.74, 6) is 1.07. The first-order valence-electron chi connectivity index (χ1n) is 8.04. The summed E-state index contributed by atoms with van der Waals surface area (Å²) in [6.45, 7) is 4.20. The number of aromatic nitrogens is 3. The van der Waals surface area contributed by atoms with Crippen molar-refractivity contribution in [2.45, 2.75) is 20.4 Å². The second kappa shape index (κ2) is 7.61. The van der Waals surface area contributed by atoms with Crippen molar-refractivity contribution in [3.8, 4) is 5.75 Å². The zero-order valence-electron chi connectivity index (χ0n) is 14.3. The predicted molar refractivity (Wildman–Crippen MR) is 95.4 cm³/mol. The van der Waals surface area contributed by atoms with Gasteiger partial charge in [-0.25, -0.2) is 4.98 Å². The number of carbonyl (C=O) groups excluding carboxylic acids is 1. The molecule has 1 heterocycles. The molecule has 3 aromatic rings. The predicted octanol–water partition coefficient (Wildman–Crippen LogP) is 3.03. The van der Waals surface area contributed by atoms with Gasteiger partial charge in [-0.05, 0) is 37.1 Å². The largest absolute Gasteiger partial charge is 0.484 e. The number of aryl methyl sites for hydroxylation is 2. The van der Waals surface area contributed by atoms with E-state index in [9.17, 15) is 4.79 Å². The van der Waals surface area contributed by atoms with Gasteiger partial charge in [0.1, 0.15) is 12.1 Å². The average Bonchev–Trinajstić information content (AvgIpc) is 3.13. The quantitative estimate of drug-likeness (QED) is 0.751. The summed E-state index contributed by atoms with van der Waals surface area (Å²) in [4.78, 5) is 18.7. The molecule has 1 N–H and O–H groups in total. The number of para-hydroxylation sites is 2. The number of benzene rings is 2. The first-order valence-corrected chi connectivity index (χ1v) is 8.04. The fourth-order valence-electron chi connectivity index (χ4n) is 2.72. The molecule has 0 saturated heterocycles. The molecule has 0 fully saturated rings. The van der Waals surface area contributed by atoms with Gasteiger partial charge in [0.2, 0.25) is 0 Å². The van der Waals surface area contributed by atoms with E-state index in [1.807, 2.05) is 62.4 Å². The van der Waals surface area contributed by atoms with Crippen LogP contribution in [0, 0.1) is 13.8 Å². The van der Waals surface area contributed by atoms with Gasteiger partial charge in [0.15, 0.2) is 12.4 Å². The van der Waals surface area contributed by atoms with Crippen LogP contribution in [-0.2, 0) is 11.3 Å². The lowest BCUT2D eigenvalue weighted by Crippen LogP contribution is -2.36. The van der Waals surface area contributed by atoms with Crippen molar-refractivity contribution in [1.29, 1.82) is 0 Å². The van der Waals surface area contributed by atoms with Crippen LogP contribution >= 0.6 is 0 Å². The first-order chi connectivity index (χ1) is 12.1. The van der Waals surface area contributed by atoms with E-state index in [2.05, 4.69) is 15.2 Å². The van der Waals surface area contributed by atoms with Crippen LogP contribution in [0.4, 0.5) is 5.69 Å². The van der Waals surface area contributed by atoms with Crippen LogP contribution in [-0.4, -0.2) is 27.7 Å². The van der Waals surface area contributed by atoms with Crippen LogP contribution in [0.3, 0.4) is 0 Å². The number of rotatable bonds is 6. The molecule has 0 unspecified atom stereocenters. The number of nitrogens with one attached hydrogen (secondary N) is 1. The highest BCUT2D eigenvalue weighted by Gasteiger charge is 2.21. The van der Waals surface area contributed by atoms with Gasteiger partial charge >= 0.3 is 0 Å². The topological polar surface area (TPSA) is 71.1 Å². The van der Waals surface area contributed by atoms with Gasteiger partial charge in [-0.3, -0.25) is 9.89 Å². The maximum atomic E-state index is 12.9. The molecule has 0 bridgehead atoms. The molecule has 0 radical (unpaired) electrons. The van der Waals surface area contributed by atoms with E-state index >= 15 is 0 Å². The highest BCUT2D eigenvalue weighted by atomic mass is 16.5. The lowest BCUT2D eigenvalue weighted by Gasteiger charge is -2.25. The molecule has 1 aromatic heterocycles. The van der Waals surface area contributed by atoms with Gasteiger partial charge in [0, 0.05) is 0 Å². The lowest BCUT2D eigenvalue weighted by molar-refractivity contribution is -0.120. The fraction of sp³-hybridized carbons (Fsp3) is 0.211. The molecule has 0 saturated carbocycles. The van der Waals surface area contributed by atoms with E-state index < -0.39 is 0 Å². The Bertz CT molecular complexity index is 812. The minimum absolute atomic E-state index is 0.0534. The highest BCUT2D eigenvalue weighted by molar-refractivity contribution is 5.95. The maximum absolute atomic E-state index is 12.9. The molecule has 0 aliphatic heterocycles. The number of hydrogen-bond acceptors (Lipinski definition) is 4. The summed E-state index contributed by atoms with van der Waals surface area (Å²) in [5, 5.41) is 6.75. The minimum Gasteiger partial charge on any atom is -0.484 e. The second-order valence-electron chi connectivity index (χ2n) is 5.74. The van der Waals surface area contributed by atoms with Gasteiger partial charge in [0.05, 0.1) is 12.2 Å². The van der Waals surface area contributed by atoms with Crippen LogP contribution in [0.1, 0.15) is 17.0 Å². The molecule has 128 valence electrons. The summed E-state index contributed by atoms with van der Waals surface area (Å²) in [5.41, 5.74) is 2.90. The smallest absolute Gasteiger partial charge is 0.265 e. The number of carbonyl (C=O) groups is 1. The van der Waals surface area contributed by atoms with E-state index in [0.717, 1.165) is 16.8 Å². The van der Waals surface area contributed by atoms with Gasteiger partial charge in [-0.15, -0.1) is 0 Å². The Morgan fingerprint density at radius 2 is 1.80 bits per heavy atom. The van der Waals surface area contributed by atoms with Crippen molar-refractivity contribution in [2.24, 2.45) is 0 Å². The summed E-state index contributed by atoms with van der Waals surface area (Å²) < 4.78 is 5.63. The van der Waals surface area contributed by atoms with Crippen LogP contribution < -0.4 is 9.64 Å². The molecule has 1 amide bonds. The van der Waals surface area contributed by atoms with Crippen molar-refractivity contribution in [2.75, 3.05) is 11.5 Å². The number of nitrogens with zero attached hydrogens (tertiary/aromatic N) is 3. The SMILES string of the molecule is Cc1cccc(C)c1N(Cc1nc[nH]n1)C(=O)COc1ccccc1. The van der Waals surface area contributed by atoms with Crippen molar-refractivity contribution < 1.29 is 9.53 Å². The van der Waals surface area contributed by atoms with Crippen LogP contribution in [0.2, 0.25) is 0 Å². The molecule has 6 heteroatoms. The zero-order chi connectivity index (χ0) is 17.6. The summed E-state index contributed by atoms with van der Waals surface area (Å²) >= 11 is 0. The Morgan fingerprint density at radius 3 is 2.44 bits per heavy atom. The molecule has 6 nitrogen and oxygen atoms in total. The van der Waals surface area contributed by atoms with Crippen molar-refractivity contribution in [1.82, 2.24) is 15.2 Å². The molecule has 0 atom stereocenters. The van der Waals surface area contributed by atoms with Crippen molar-refractivity contribution in [3.63, 3.8) is 0 Å². The van der Waals surface area contributed by atoms with Crippen LogP contribution in [0.25, 0.3) is 0 Å². The van der Waals surface area contributed by atoms with Gasteiger partial charge in [0.25, 0.3) is 5.91 Å². The van der Waals surface area contributed by atoms with Gasteiger partial charge in [-0.1, -0.05) is 36.4 Å². The Balaban J connectivity index is 1.84. The van der Waals surface area contributed by atoms with Gasteiger partial charge in [-0.2, -0.15) is 5.10 Å². The average molecular weight is 336 g/mol. The number of ether oxygens (including phenoxy) is 1.